The number of aromatic nitrogens is 2. The number of phenolic OH excluding ortho intramolecular Hbond substituents is 1. The lowest BCUT2D eigenvalue weighted by Gasteiger charge is -2.17. The number of ether oxygens (including phenoxy) is 2. The molecule has 34 heavy (non-hydrogen) atoms. The predicted octanol–water partition coefficient (Wildman–Crippen LogP) is 3.91. The number of benzene rings is 2. The maximum Gasteiger partial charge on any atom is 0.256 e. The van der Waals surface area contributed by atoms with E-state index in [2.05, 4.69) is 15.3 Å². The number of carbonyl (C=O) groups is 1. The van der Waals surface area contributed by atoms with Crippen molar-refractivity contribution in [2.24, 2.45) is 5.73 Å². The van der Waals surface area contributed by atoms with Crippen LogP contribution in [-0.2, 0) is 0 Å². The highest BCUT2D eigenvalue weighted by molar-refractivity contribution is 6.33. The summed E-state index contributed by atoms with van der Waals surface area (Å²) in [6.45, 7) is 4.98. The fourth-order valence-electron chi connectivity index (χ4n) is 3.36. The zero-order chi connectivity index (χ0) is 25.0. The molecule has 0 radical (unpaired) electrons. The zero-order valence-electron chi connectivity index (χ0n) is 19.8. The van der Waals surface area contributed by atoms with Crippen LogP contribution < -0.4 is 20.5 Å². The highest BCUT2D eigenvalue weighted by Crippen LogP contribution is 2.39. The molecule has 0 bridgehead atoms. The number of carbonyl (C=O) groups excluding carboxylic acids is 1. The standard InChI is InChI=1S/C24H28ClN5O4/c1-13-12-15(6-9-18(13)34-11-10-30(3)4)27-24-28-21(20(22(26)32)23(29-24)33-5)19-14(2)17(31)8-7-16(19)25/h6-9,12,31H,10-11H2,1-5H3,(H2,26,32)(H,27,28,29). The van der Waals surface area contributed by atoms with Crippen molar-refractivity contribution in [3.05, 3.63) is 52.0 Å². The van der Waals surface area contributed by atoms with E-state index in [-0.39, 0.29) is 28.8 Å². The Morgan fingerprint density at radius 1 is 1.21 bits per heavy atom. The lowest BCUT2D eigenvalue weighted by atomic mass is 10.0. The summed E-state index contributed by atoms with van der Waals surface area (Å²) in [4.78, 5) is 23.2. The Balaban J connectivity index is 2.03. The Kier molecular flexibility index (Phi) is 7.80. The summed E-state index contributed by atoms with van der Waals surface area (Å²) < 4.78 is 11.2. The summed E-state index contributed by atoms with van der Waals surface area (Å²) in [5, 5.41) is 13.6. The molecule has 0 atom stereocenters. The third-order valence-corrected chi connectivity index (χ3v) is 5.48. The second kappa shape index (κ2) is 10.6. The van der Waals surface area contributed by atoms with Crippen molar-refractivity contribution in [2.75, 3.05) is 39.7 Å². The predicted molar refractivity (Wildman–Crippen MR) is 132 cm³/mol. The number of methoxy groups -OCH3 is 1. The maximum absolute atomic E-state index is 12.3. The van der Waals surface area contributed by atoms with Gasteiger partial charge < -0.3 is 30.5 Å². The number of nitrogens with zero attached hydrogens (tertiary/aromatic N) is 3. The van der Waals surface area contributed by atoms with Crippen LogP contribution in [0.3, 0.4) is 0 Å². The molecule has 0 spiro atoms. The highest BCUT2D eigenvalue weighted by atomic mass is 35.5. The number of nitrogens with one attached hydrogen (secondary N) is 1. The number of nitrogens with two attached hydrogens (primary N) is 1. The molecule has 9 nitrogen and oxygen atoms in total. The molecule has 1 heterocycles. The van der Waals surface area contributed by atoms with E-state index in [4.69, 9.17) is 26.8 Å². The average Bonchev–Trinajstić information content (AvgIpc) is 2.77. The van der Waals surface area contributed by atoms with Crippen LogP contribution in [0.4, 0.5) is 11.6 Å². The van der Waals surface area contributed by atoms with Crippen LogP contribution in [0.5, 0.6) is 17.4 Å². The van der Waals surface area contributed by atoms with Gasteiger partial charge in [0.2, 0.25) is 11.8 Å². The van der Waals surface area contributed by atoms with Crippen LogP contribution >= 0.6 is 11.6 Å². The van der Waals surface area contributed by atoms with E-state index in [0.29, 0.717) is 28.4 Å². The van der Waals surface area contributed by atoms with Crippen molar-refractivity contribution in [1.29, 1.82) is 0 Å². The largest absolute Gasteiger partial charge is 0.508 e. The Morgan fingerprint density at radius 3 is 2.56 bits per heavy atom. The molecule has 0 saturated heterocycles. The van der Waals surface area contributed by atoms with Gasteiger partial charge in [0.15, 0.2) is 0 Å². The minimum absolute atomic E-state index is 0.00221. The molecule has 0 unspecified atom stereocenters. The molecular weight excluding hydrogens is 458 g/mol. The summed E-state index contributed by atoms with van der Waals surface area (Å²) in [5.74, 6) is 0.142. The summed E-state index contributed by atoms with van der Waals surface area (Å²) in [7, 11) is 5.35. The zero-order valence-corrected chi connectivity index (χ0v) is 20.5. The van der Waals surface area contributed by atoms with Crippen molar-refractivity contribution in [3.63, 3.8) is 0 Å². The highest BCUT2D eigenvalue weighted by Gasteiger charge is 2.25. The van der Waals surface area contributed by atoms with E-state index in [0.717, 1.165) is 17.9 Å². The molecule has 10 heteroatoms. The molecule has 0 aliphatic heterocycles. The number of anilines is 2. The molecule has 0 fully saturated rings. The van der Waals surface area contributed by atoms with E-state index in [1.807, 2.05) is 44.1 Å². The van der Waals surface area contributed by atoms with Gasteiger partial charge in [0.05, 0.1) is 17.8 Å². The van der Waals surface area contributed by atoms with Gasteiger partial charge in [-0.25, -0.2) is 4.98 Å². The van der Waals surface area contributed by atoms with Gasteiger partial charge in [-0.15, -0.1) is 0 Å². The van der Waals surface area contributed by atoms with Crippen LogP contribution in [0.15, 0.2) is 30.3 Å². The van der Waals surface area contributed by atoms with Crippen molar-refractivity contribution >= 4 is 29.1 Å². The fourth-order valence-corrected chi connectivity index (χ4v) is 3.66. The number of rotatable bonds is 9. The smallest absolute Gasteiger partial charge is 0.256 e. The van der Waals surface area contributed by atoms with E-state index in [1.54, 1.807) is 6.92 Å². The van der Waals surface area contributed by atoms with Crippen molar-refractivity contribution in [1.82, 2.24) is 14.9 Å². The first kappa shape index (κ1) is 25.1. The topological polar surface area (TPSA) is 123 Å². The average molecular weight is 486 g/mol. The Morgan fingerprint density at radius 2 is 1.94 bits per heavy atom. The number of phenols is 1. The first-order valence-electron chi connectivity index (χ1n) is 10.5. The molecular formula is C24H28ClN5O4. The SMILES string of the molecule is COc1nc(Nc2ccc(OCCN(C)C)c(C)c2)nc(-c2c(Cl)ccc(O)c2C)c1C(N)=O. The molecule has 1 aromatic heterocycles. The van der Waals surface area contributed by atoms with Gasteiger partial charge in [0, 0.05) is 23.4 Å². The number of primary amides is 1. The van der Waals surface area contributed by atoms with Gasteiger partial charge in [-0.1, -0.05) is 11.6 Å². The van der Waals surface area contributed by atoms with Crippen LogP contribution in [0, 0.1) is 13.8 Å². The van der Waals surface area contributed by atoms with Crippen molar-refractivity contribution in [2.45, 2.75) is 13.8 Å². The van der Waals surface area contributed by atoms with E-state index >= 15 is 0 Å². The molecule has 0 aliphatic carbocycles. The quantitative estimate of drug-likeness (QED) is 0.417. The first-order chi connectivity index (χ1) is 16.1. The number of likely N-dealkylation sites (N-methyl/N-ethyl adjacent to an activating group) is 1. The van der Waals surface area contributed by atoms with Gasteiger partial charge >= 0.3 is 0 Å². The minimum atomic E-state index is -0.785. The molecule has 2 aromatic carbocycles. The lowest BCUT2D eigenvalue weighted by molar-refractivity contribution is 0.0997. The number of hydrogen-bond acceptors (Lipinski definition) is 8. The van der Waals surface area contributed by atoms with Gasteiger partial charge in [-0.3, -0.25) is 4.79 Å². The molecule has 4 N–H and O–H groups in total. The van der Waals surface area contributed by atoms with E-state index in [9.17, 15) is 9.90 Å². The van der Waals surface area contributed by atoms with Gasteiger partial charge in [-0.05, 0) is 63.8 Å². The van der Waals surface area contributed by atoms with Crippen LogP contribution in [0.25, 0.3) is 11.3 Å². The maximum atomic E-state index is 12.3. The minimum Gasteiger partial charge on any atom is -0.508 e. The Hall–Kier alpha value is -3.56. The second-order valence-corrected chi connectivity index (χ2v) is 8.38. The molecule has 0 aliphatic rings. The molecule has 180 valence electrons. The van der Waals surface area contributed by atoms with E-state index < -0.39 is 5.91 Å². The fraction of sp³-hybridized carbons (Fsp3) is 0.292. The third-order valence-electron chi connectivity index (χ3n) is 5.17. The second-order valence-electron chi connectivity index (χ2n) is 7.97. The monoisotopic (exact) mass is 485 g/mol. The normalized spacial score (nSPS) is 10.9. The van der Waals surface area contributed by atoms with Crippen LogP contribution in [0.1, 0.15) is 21.5 Å². The number of aryl methyl sites for hydroxylation is 1. The third kappa shape index (κ3) is 5.49. The summed E-state index contributed by atoms with van der Waals surface area (Å²) in [6, 6.07) is 8.58. The number of hydrogen-bond donors (Lipinski definition) is 3. The van der Waals surface area contributed by atoms with Crippen LogP contribution in [0.2, 0.25) is 5.02 Å². The van der Waals surface area contributed by atoms with Gasteiger partial charge in [0.25, 0.3) is 5.91 Å². The van der Waals surface area contributed by atoms with E-state index in [1.165, 1.54) is 19.2 Å². The van der Waals surface area contributed by atoms with Crippen LogP contribution in [-0.4, -0.2) is 60.2 Å². The van der Waals surface area contributed by atoms with Gasteiger partial charge in [-0.2, -0.15) is 4.98 Å². The first-order valence-corrected chi connectivity index (χ1v) is 10.9. The molecule has 1 amide bonds. The van der Waals surface area contributed by atoms with Crippen molar-refractivity contribution in [3.8, 4) is 28.6 Å². The lowest BCUT2D eigenvalue weighted by Crippen LogP contribution is -2.19. The Bertz CT molecular complexity index is 1220. The summed E-state index contributed by atoms with van der Waals surface area (Å²) in [5.41, 5.74) is 8.17. The molecule has 3 rings (SSSR count). The number of halogens is 1. The summed E-state index contributed by atoms with van der Waals surface area (Å²) in [6.07, 6.45) is 0. The molecule has 0 saturated carbocycles. The molecule has 3 aromatic rings. The van der Waals surface area contributed by atoms with Gasteiger partial charge in [0.1, 0.15) is 23.7 Å². The summed E-state index contributed by atoms with van der Waals surface area (Å²) >= 11 is 6.42. The Labute approximate surface area is 203 Å². The number of aromatic hydroxyl groups is 1. The van der Waals surface area contributed by atoms with Crippen molar-refractivity contribution < 1.29 is 19.4 Å². The number of amides is 1.